The van der Waals surface area contributed by atoms with E-state index >= 15 is 0 Å². The third kappa shape index (κ3) is 5.20. The van der Waals surface area contributed by atoms with E-state index < -0.39 is 12.0 Å². The first-order valence-corrected chi connectivity index (χ1v) is 13.8. The first kappa shape index (κ1) is 27.0. The fourth-order valence-corrected chi connectivity index (χ4v) is 5.75. The molecule has 0 fully saturated rings. The average Bonchev–Trinajstić information content (AvgIpc) is 3.49. The van der Waals surface area contributed by atoms with Crippen LogP contribution in [0.1, 0.15) is 31.2 Å². The summed E-state index contributed by atoms with van der Waals surface area (Å²) in [4.78, 5) is 34.0. The molecular formula is C29H25Cl2N3O4S. The van der Waals surface area contributed by atoms with Crippen molar-refractivity contribution in [3.8, 4) is 11.3 Å². The second-order valence-corrected chi connectivity index (χ2v) is 10.9. The van der Waals surface area contributed by atoms with Crippen molar-refractivity contribution < 1.29 is 13.9 Å². The molecule has 2 aromatic carbocycles. The summed E-state index contributed by atoms with van der Waals surface area (Å²) in [6.07, 6.45) is 1.68. The second kappa shape index (κ2) is 10.9. The van der Waals surface area contributed by atoms with Gasteiger partial charge in [0.1, 0.15) is 11.5 Å². The van der Waals surface area contributed by atoms with Crippen LogP contribution in [-0.4, -0.2) is 31.2 Å². The highest BCUT2D eigenvalue weighted by Gasteiger charge is 2.33. The maximum absolute atomic E-state index is 13.8. The number of carbonyl (C=O) groups excluding carboxylic acids is 1. The first-order chi connectivity index (χ1) is 18.7. The summed E-state index contributed by atoms with van der Waals surface area (Å²) in [6, 6.07) is 15.9. The molecule has 0 radical (unpaired) electrons. The highest BCUT2D eigenvalue weighted by molar-refractivity contribution is 7.07. The lowest BCUT2D eigenvalue weighted by Crippen LogP contribution is -2.39. The Morgan fingerprint density at radius 2 is 1.87 bits per heavy atom. The molecule has 0 amide bonds. The summed E-state index contributed by atoms with van der Waals surface area (Å²) in [5.74, 6) is 0.591. The molecule has 4 aromatic rings. The number of furan rings is 1. The summed E-state index contributed by atoms with van der Waals surface area (Å²) in [5.41, 5.74) is 3.13. The number of anilines is 1. The number of nitrogens with zero attached hydrogens (tertiary/aromatic N) is 3. The molecular weight excluding hydrogens is 557 g/mol. The normalized spacial score (nSPS) is 15.2. The van der Waals surface area contributed by atoms with Gasteiger partial charge in [-0.2, -0.15) is 0 Å². The molecule has 1 atom stereocenters. The molecule has 0 bridgehead atoms. The molecule has 1 aliphatic heterocycles. The van der Waals surface area contributed by atoms with Gasteiger partial charge in [-0.25, -0.2) is 9.79 Å². The Hall–Kier alpha value is -3.59. The number of benzene rings is 2. The zero-order chi connectivity index (χ0) is 27.8. The van der Waals surface area contributed by atoms with Crippen LogP contribution in [0, 0.1) is 0 Å². The van der Waals surface area contributed by atoms with Gasteiger partial charge in [-0.15, -0.1) is 0 Å². The van der Waals surface area contributed by atoms with Crippen LogP contribution in [0.4, 0.5) is 5.69 Å². The highest BCUT2D eigenvalue weighted by atomic mass is 35.5. The van der Waals surface area contributed by atoms with E-state index in [0.717, 1.165) is 16.8 Å². The molecule has 0 saturated heterocycles. The molecule has 1 aliphatic rings. The van der Waals surface area contributed by atoms with Crippen molar-refractivity contribution in [2.24, 2.45) is 4.99 Å². The first-order valence-electron chi connectivity index (χ1n) is 12.2. The molecule has 200 valence electrons. The molecule has 0 N–H and O–H groups in total. The Labute approximate surface area is 238 Å². The number of fused-ring (bicyclic) bond motifs is 1. The van der Waals surface area contributed by atoms with E-state index in [1.165, 1.54) is 11.3 Å². The van der Waals surface area contributed by atoms with Gasteiger partial charge in [0.25, 0.3) is 5.56 Å². The van der Waals surface area contributed by atoms with Crippen molar-refractivity contribution in [2.45, 2.75) is 19.9 Å². The van der Waals surface area contributed by atoms with Crippen LogP contribution in [-0.2, 0) is 9.53 Å². The number of halogens is 2. The number of carbonyl (C=O) groups is 1. The van der Waals surface area contributed by atoms with Crippen LogP contribution in [0.5, 0.6) is 0 Å². The third-order valence-electron chi connectivity index (χ3n) is 6.35. The molecule has 0 saturated carbocycles. The van der Waals surface area contributed by atoms with Crippen molar-refractivity contribution in [1.82, 2.24) is 4.57 Å². The van der Waals surface area contributed by atoms with Crippen LogP contribution in [0.2, 0.25) is 10.0 Å². The summed E-state index contributed by atoms with van der Waals surface area (Å²) >= 11 is 13.4. The zero-order valence-electron chi connectivity index (χ0n) is 21.7. The molecule has 0 spiro atoms. The van der Waals surface area contributed by atoms with Gasteiger partial charge in [-0.3, -0.25) is 9.36 Å². The number of esters is 1. The molecule has 10 heteroatoms. The van der Waals surface area contributed by atoms with Crippen molar-refractivity contribution in [3.63, 3.8) is 0 Å². The largest absolute Gasteiger partial charge is 0.463 e. The summed E-state index contributed by atoms with van der Waals surface area (Å²) in [7, 11) is 3.90. The smallest absolute Gasteiger partial charge is 0.338 e. The van der Waals surface area contributed by atoms with E-state index in [-0.39, 0.29) is 12.2 Å². The van der Waals surface area contributed by atoms with E-state index in [9.17, 15) is 9.59 Å². The summed E-state index contributed by atoms with van der Waals surface area (Å²) < 4.78 is 13.3. The fourth-order valence-electron chi connectivity index (χ4n) is 4.43. The molecule has 1 unspecified atom stereocenters. The lowest BCUT2D eigenvalue weighted by Gasteiger charge is -2.25. The maximum atomic E-state index is 13.8. The number of ether oxygens (including phenoxy) is 1. The minimum atomic E-state index is -0.679. The van der Waals surface area contributed by atoms with Gasteiger partial charge in [0.05, 0.1) is 38.5 Å². The number of allylic oxidation sites excluding steroid dienone is 1. The Balaban J connectivity index is 1.62. The van der Waals surface area contributed by atoms with Gasteiger partial charge in [0.15, 0.2) is 4.80 Å². The molecule has 5 rings (SSSR count). The average molecular weight is 583 g/mol. The van der Waals surface area contributed by atoms with Crippen LogP contribution in [0.25, 0.3) is 17.4 Å². The van der Waals surface area contributed by atoms with Crippen LogP contribution < -0.4 is 19.8 Å². The fraction of sp³-hybridized carbons (Fsp3) is 0.207. The number of aromatic nitrogens is 1. The van der Waals surface area contributed by atoms with Crippen molar-refractivity contribution in [3.05, 3.63) is 107 Å². The van der Waals surface area contributed by atoms with Crippen molar-refractivity contribution in [2.75, 3.05) is 25.6 Å². The van der Waals surface area contributed by atoms with Crippen molar-refractivity contribution >= 4 is 52.3 Å². The third-order valence-corrected chi connectivity index (χ3v) is 8.07. The van der Waals surface area contributed by atoms with Crippen LogP contribution in [0.3, 0.4) is 0 Å². The molecule has 7 nitrogen and oxygen atoms in total. The van der Waals surface area contributed by atoms with Gasteiger partial charge >= 0.3 is 5.97 Å². The molecule has 3 heterocycles. The lowest BCUT2D eigenvalue weighted by atomic mass is 9.95. The topological polar surface area (TPSA) is 77.0 Å². The van der Waals surface area contributed by atoms with E-state index in [4.69, 9.17) is 32.4 Å². The van der Waals surface area contributed by atoms with Crippen LogP contribution in [0.15, 0.2) is 80.1 Å². The van der Waals surface area contributed by atoms with E-state index in [1.54, 1.807) is 48.8 Å². The van der Waals surface area contributed by atoms with E-state index in [2.05, 4.69) is 4.99 Å². The predicted molar refractivity (Wildman–Crippen MR) is 155 cm³/mol. The molecule has 39 heavy (non-hydrogen) atoms. The summed E-state index contributed by atoms with van der Waals surface area (Å²) in [5, 5.41) is 0.878. The van der Waals surface area contributed by atoms with E-state index in [0.29, 0.717) is 42.2 Å². The standard InChI is InChI=1S/C29H25Cl2N3O4S/c1-5-37-28(36)25-16(2)32-29-34(26(25)17-6-9-19(10-7-17)33(3)4)27(35)24(39-29)15-20-11-13-23(38-20)18-8-12-21(30)22(31)14-18/h6-15,26H,5H2,1-4H3. The highest BCUT2D eigenvalue weighted by Crippen LogP contribution is 2.32. The predicted octanol–water partition coefficient (Wildman–Crippen LogP) is 5.43. The van der Waals surface area contributed by atoms with Crippen molar-refractivity contribution in [1.29, 1.82) is 0 Å². The SMILES string of the molecule is CCOC(=O)C1=C(C)N=c2sc(=Cc3ccc(-c4ccc(Cl)c(Cl)c4)o3)c(=O)n2C1c1ccc(N(C)C)cc1. The van der Waals surface area contributed by atoms with Gasteiger partial charge in [0.2, 0.25) is 0 Å². The second-order valence-electron chi connectivity index (χ2n) is 9.12. The van der Waals surface area contributed by atoms with E-state index in [1.807, 2.05) is 49.3 Å². The van der Waals surface area contributed by atoms with Gasteiger partial charge in [-0.1, -0.05) is 46.7 Å². The lowest BCUT2D eigenvalue weighted by molar-refractivity contribution is -0.139. The Bertz CT molecular complexity index is 1780. The van der Waals surface area contributed by atoms with Gasteiger partial charge < -0.3 is 14.1 Å². The maximum Gasteiger partial charge on any atom is 0.338 e. The quantitative estimate of drug-likeness (QED) is 0.284. The van der Waals surface area contributed by atoms with Gasteiger partial charge in [-0.05, 0) is 61.9 Å². The van der Waals surface area contributed by atoms with Crippen LogP contribution >= 0.6 is 34.5 Å². The Morgan fingerprint density at radius 1 is 1.13 bits per heavy atom. The number of thiazole rings is 1. The Morgan fingerprint density at radius 3 is 2.54 bits per heavy atom. The zero-order valence-corrected chi connectivity index (χ0v) is 24.0. The number of hydrogen-bond donors (Lipinski definition) is 0. The van der Waals surface area contributed by atoms with Gasteiger partial charge in [0, 0.05) is 31.4 Å². The molecule has 0 aliphatic carbocycles. The Kier molecular flexibility index (Phi) is 7.53. The monoisotopic (exact) mass is 581 g/mol. The molecule has 2 aromatic heterocycles. The minimum Gasteiger partial charge on any atom is -0.463 e. The number of hydrogen-bond acceptors (Lipinski definition) is 7. The number of rotatable bonds is 6. The summed E-state index contributed by atoms with van der Waals surface area (Å²) in [6.45, 7) is 3.73. The minimum absolute atomic E-state index is 0.214.